The maximum Gasteiger partial charge on any atom is 0.315 e. The zero-order valence-corrected chi connectivity index (χ0v) is 11.6. The highest BCUT2D eigenvalue weighted by atomic mass is 16.5. The highest BCUT2D eigenvalue weighted by Crippen LogP contribution is 2.07. The minimum Gasteiger partial charge on any atom is -0.360 e. The Morgan fingerprint density at radius 1 is 1.37 bits per heavy atom. The van der Waals surface area contributed by atoms with Gasteiger partial charge in [-0.05, 0) is 19.8 Å². The molecule has 0 aromatic carbocycles. The molecule has 0 radical (unpaired) electrons. The summed E-state index contributed by atoms with van der Waals surface area (Å²) in [6, 6.07) is 0.570. The molecule has 0 bridgehead atoms. The first kappa shape index (κ1) is 15.0. The van der Waals surface area contributed by atoms with Gasteiger partial charge in [0, 0.05) is 12.6 Å². The van der Waals surface area contributed by atoms with Crippen LogP contribution in [0.15, 0.2) is 10.6 Å². The number of nitrogens with zero attached hydrogens (tertiary/aromatic N) is 1. The van der Waals surface area contributed by atoms with E-state index >= 15 is 0 Å². The standard InChI is InChI=1S/C12H20N4O3/c1-7(2)6-13-12(18)14-9(4)11(17)15-10-5-8(3)19-16-10/h5,7,9H,6H2,1-4H3,(H2,13,14,18)(H,15,16,17). The Kier molecular flexibility index (Phi) is 5.35. The van der Waals surface area contributed by atoms with E-state index < -0.39 is 6.04 Å². The van der Waals surface area contributed by atoms with Gasteiger partial charge >= 0.3 is 6.03 Å². The maximum atomic E-state index is 11.8. The zero-order valence-electron chi connectivity index (χ0n) is 11.6. The molecular weight excluding hydrogens is 248 g/mol. The molecule has 0 saturated carbocycles. The molecular formula is C12H20N4O3. The number of hydrogen-bond donors (Lipinski definition) is 3. The minimum atomic E-state index is -0.663. The second-order valence-corrected chi connectivity index (χ2v) is 4.78. The molecule has 0 aliphatic heterocycles. The quantitative estimate of drug-likeness (QED) is 0.749. The Morgan fingerprint density at radius 3 is 2.58 bits per heavy atom. The van der Waals surface area contributed by atoms with Gasteiger partial charge < -0.3 is 20.5 Å². The molecule has 0 aliphatic rings. The van der Waals surface area contributed by atoms with E-state index in [2.05, 4.69) is 21.1 Å². The third-order valence-electron chi connectivity index (χ3n) is 2.29. The Balaban J connectivity index is 2.38. The van der Waals surface area contributed by atoms with Crippen molar-refractivity contribution >= 4 is 17.8 Å². The first-order chi connectivity index (χ1) is 8.88. The van der Waals surface area contributed by atoms with E-state index in [-0.39, 0.29) is 11.9 Å². The lowest BCUT2D eigenvalue weighted by Crippen LogP contribution is -2.47. The number of anilines is 1. The van der Waals surface area contributed by atoms with E-state index in [1.165, 1.54) is 0 Å². The molecule has 1 unspecified atom stereocenters. The molecule has 106 valence electrons. The van der Waals surface area contributed by atoms with Crippen molar-refractivity contribution in [2.75, 3.05) is 11.9 Å². The summed E-state index contributed by atoms with van der Waals surface area (Å²) in [6.07, 6.45) is 0. The third kappa shape index (κ3) is 5.41. The van der Waals surface area contributed by atoms with Crippen LogP contribution in [0.3, 0.4) is 0 Å². The first-order valence-corrected chi connectivity index (χ1v) is 6.17. The average molecular weight is 268 g/mol. The van der Waals surface area contributed by atoms with Crippen LogP contribution >= 0.6 is 0 Å². The van der Waals surface area contributed by atoms with E-state index in [9.17, 15) is 9.59 Å². The summed E-state index contributed by atoms with van der Waals surface area (Å²) in [5.74, 6) is 0.935. The Bertz CT molecular complexity index is 442. The van der Waals surface area contributed by atoms with Crippen LogP contribution in [0.4, 0.5) is 10.6 Å². The molecule has 1 atom stereocenters. The second-order valence-electron chi connectivity index (χ2n) is 4.78. The fourth-order valence-corrected chi connectivity index (χ4v) is 1.27. The molecule has 7 nitrogen and oxygen atoms in total. The average Bonchev–Trinajstić information content (AvgIpc) is 2.72. The van der Waals surface area contributed by atoms with Gasteiger partial charge in [-0.2, -0.15) is 0 Å². The van der Waals surface area contributed by atoms with Crippen molar-refractivity contribution in [3.8, 4) is 0 Å². The number of aromatic nitrogens is 1. The lowest BCUT2D eigenvalue weighted by atomic mass is 10.2. The Hall–Kier alpha value is -2.05. The minimum absolute atomic E-state index is 0.332. The van der Waals surface area contributed by atoms with Crippen molar-refractivity contribution in [1.82, 2.24) is 15.8 Å². The van der Waals surface area contributed by atoms with Crippen molar-refractivity contribution < 1.29 is 14.1 Å². The highest BCUT2D eigenvalue weighted by molar-refractivity contribution is 5.95. The van der Waals surface area contributed by atoms with E-state index in [1.54, 1.807) is 19.9 Å². The largest absolute Gasteiger partial charge is 0.360 e. The number of amides is 3. The van der Waals surface area contributed by atoms with Gasteiger partial charge in [-0.25, -0.2) is 4.79 Å². The van der Waals surface area contributed by atoms with Gasteiger partial charge in [0.1, 0.15) is 11.8 Å². The highest BCUT2D eigenvalue weighted by Gasteiger charge is 2.16. The summed E-state index contributed by atoms with van der Waals surface area (Å²) >= 11 is 0. The van der Waals surface area contributed by atoms with Crippen LogP contribution in [0.1, 0.15) is 26.5 Å². The molecule has 7 heteroatoms. The predicted octanol–water partition coefficient (Wildman–Crippen LogP) is 1.27. The molecule has 0 saturated heterocycles. The van der Waals surface area contributed by atoms with Gasteiger partial charge in [0.2, 0.25) is 5.91 Å². The number of aryl methyl sites for hydroxylation is 1. The van der Waals surface area contributed by atoms with Gasteiger partial charge in [0.25, 0.3) is 0 Å². The number of urea groups is 1. The summed E-state index contributed by atoms with van der Waals surface area (Å²) in [5.41, 5.74) is 0. The summed E-state index contributed by atoms with van der Waals surface area (Å²) < 4.78 is 4.83. The fraction of sp³-hybridized carbons (Fsp3) is 0.583. The second kappa shape index (κ2) is 6.77. The summed E-state index contributed by atoms with van der Waals surface area (Å²) in [7, 11) is 0. The first-order valence-electron chi connectivity index (χ1n) is 6.17. The normalized spacial score (nSPS) is 12.1. The number of nitrogens with one attached hydrogen (secondary N) is 3. The van der Waals surface area contributed by atoms with Crippen molar-refractivity contribution in [2.45, 2.75) is 33.7 Å². The van der Waals surface area contributed by atoms with E-state index in [4.69, 9.17) is 4.52 Å². The van der Waals surface area contributed by atoms with E-state index in [0.717, 1.165) is 0 Å². The van der Waals surface area contributed by atoms with Gasteiger partial charge in [-0.15, -0.1) is 0 Å². The number of carbonyl (C=O) groups is 2. The van der Waals surface area contributed by atoms with Crippen molar-refractivity contribution in [2.24, 2.45) is 5.92 Å². The fourth-order valence-electron chi connectivity index (χ4n) is 1.27. The van der Waals surface area contributed by atoms with Gasteiger partial charge in [-0.1, -0.05) is 19.0 Å². The number of rotatable bonds is 5. The van der Waals surface area contributed by atoms with Gasteiger partial charge in [0.05, 0.1) is 0 Å². The molecule has 1 aromatic rings. The van der Waals surface area contributed by atoms with E-state index in [1.807, 2.05) is 13.8 Å². The molecule has 0 aliphatic carbocycles. The van der Waals surface area contributed by atoms with Crippen LogP contribution in [0.2, 0.25) is 0 Å². The molecule has 3 amide bonds. The maximum absolute atomic E-state index is 11.8. The van der Waals surface area contributed by atoms with Crippen LogP contribution in [0.5, 0.6) is 0 Å². The van der Waals surface area contributed by atoms with Crippen LogP contribution in [0, 0.1) is 12.8 Å². The van der Waals surface area contributed by atoms with Crippen molar-refractivity contribution in [3.63, 3.8) is 0 Å². The SMILES string of the molecule is Cc1cc(NC(=O)C(C)NC(=O)NCC(C)C)no1. The lowest BCUT2D eigenvalue weighted by Gasteiger charge is -2.14. The van der Waals surface area contributed by atoms with Gasteiger partial charge in [-0.3, -0.25) is 4.79 Å². The van der Waals surface area contributed by atoms with Crippen LogP contribution in [0.25, 0.3) is 0 Å². The number of hydrogen-bond acceptors (Lipinski definition) is 4. The lowest BCUT2D eigenvalue weighted by molar-refractivity contribution is -0.117. The topological polar surface area (TPSA) is 96.3 Å². The molecule has 0 fully saturated rings. The zero-order chi connectivity index (χ0) is 14.4. The summed E-state index contributed by atoms with van der Waals surface area (Å²) in [6.45, 7) is 7.86. The van der Waals surface area contributed by atoms with Gasteiger partial charge in [0.15, 0.2) is 5.82 Å². The van der Waals surface area contributed by atoms with Crippen molar-refractivity contribution in [1.29, 1.82) is 0 Å². The molecule has 1 rings (SSSR count). The summed E-state index contributed by atoms with van der Waals surface area (Å²) in [4.78, 5) is 23.2. The smallest absolute Gasteiger partial charge is 0.315 e. The molecule has 0 spiro atoms. The van der Waals surface area contributed by atoms with E-state index in [0.29, 0.717) is 24.0 Å². The Morgan fingerprint density at radius 2 is 2.05 bits per heavy atom. The molecule has 1 aromatic heterocycles. The van der Waals surface area contributed by atoms with Crippen LogP contribution < -0.4 is 16.0 Å². The molecule has 3 N–H and O–H groups in total. The van der Waals surface area contributed by atoms with Crippen molar-refractivity contribution in [3.05, 3.63) is 11.8 Å². The predicted molar refractivity (Wildman–Crippen MR) is 70.7 cm³/mol. The van der Waals surface area contributed by atoms with Crippen LogP contribution in [-0.2, 0) is 4.79 Å². The monoisotopic (exact) mass is 268 g/mol. The molecule has 1 heterocycles. The Labute approximate surface area is 112 Å². The number of carbonyl (C=O) groups excluding carboxylic acids is 2. The molecule has 19 heavy (non-hydrogen) atoms. The third-order valence-corrected chi connectivity index (χ3v) is 2.29. The van der Waals surface area contributed by atoms with Crippen LogP contribution in [-0.4, -0.2) is 29.7 Å². The summed E-state index contributed by atoms with van der Waals surface area (Å²) in [5, 5.41) is 11.4.